The molecular formula is C20H32O4. The molecule has 2 aliphatic carbocycles. The van der Waals surface area contributed by atoms with E-state index < -0.39 is 6.10 Å². The van der Waals surface area contributed by atoms with Crippen LogP contribution in [0.4, 0.5) is 0 Å². The van der Waals surface area contributed by atoms with Crippen LogP contribution in [0.15, 0.2) is 0 Å². The molecule has 1 N–H and O–H groups in total. The summed E-state index contributed by atoms with van der Waals surface area (Å²) in [7, 11) is 0. The number of hydrogen-bond donors (Lipinski definition) is 1. The summed E-state index contributed by atoms with van der Waals surface area (Å²) in [6, 6.07) is 0. The van der Waals surface area contributed by atoms with Crippen LogP contribution in [0.1, 0.15) is 66.7 Å². The van der Waals surface area contributed by atoms with Crippen molar-refractivity contribution in [1.29, 1.82) is 0 Å². The second-order valence-electron chi connectivity index (χ2n) is 9.96. The third kappa shape index (κ3) is 2.05. The molecule has 4 fully saturated rings. The number of ether oxygens (including phenoxy) is 2. The highest BCUT2D eigenvalue weighted by Gasteiger charge is 2.67. The molecule has 0 aromatic carbocycles. The van der Waals surface area contributed by atoms with E-state index in [0.717, 1.165) is 32.3 Å². The second-order valence-corrected chi connectivity index (χ2v) is 9.96. The van der Waals surface area contributed by atoms with Crippen LogP contribution < -0.4 is 0 Å². The van der Waals surface area contributed by atoms with Crippen molar-refractivity contribution in [3.63, 3.8) is 0 Å². The summed E-state index contributed by atoms with van der Waals surface area (Å²) >= 11 is 0. The van der Waals surface area contributed by atoms with Gasteiger partial charge in [-0.15, -0.1) is 0 Å². The minimum absolute atomic E-state index is 0.195. The van der Waals surface area contributed by atoms with Crippen molar-refractivity contribution in [3.8, 4) is 0 Å². The summed E-state index contributed by atoms with van der Waals surface area (Å²) in [5.41, 5.74) is -1.03. The number of carbonyl (C=O) groups is 1. The number of ketones is 1. The molecule has 24 heavy (non-hydrogen) atoms. The number of aliphatic hydroxyl groups is 1. The number of aliphatic hydroxyl groups excluding tert-OH is 1. The third-order valence-electron chi connectivity index (χ3n) is 8.26. The summed E-state index contributed by atoms with van der Waals surface area (Å²) in [6.07, 6.45) is 3.88. The van der Waals surface area contributed by atoms with Crippen molar-refractivity contribution >= 4 is 5.78 Å². The normalized spacial score (nSPS) is 56.3. The van der Waals surface area contributed by atoms with E-state index in [0.29, 0.717) is 0 Å². The Morgan fingerprint density at radius 1 is 1.00 bits per heavy atom. The highest BCUT2D eigenvalue weighted by molar-refractivity contribution is 5.86. The number of Topliss-reactive ketones (excluding diaryl/α,β-unsaturated/α-hetero) is 1. The molecule has 0 aromatic heterocycles. The molecule has 0 aromatic rings. The largest absolute Gasteiger partial charge is 0.392 e. The lowest BCUT2D eigenvalue weighted by atomic mass is 9.43. The Morgan fingerprint density at radius 3 is 2.21 bits per heavy atom. The Balaban J connectivity index is 1.70. The van der Waals surface area contributed by atoms with Crippen LogP contribution in [-0.2, 0) is 14.3 Å². The molecule has 2 saturated carbocycles. The van der Waals surface area contributed by atoms with E-state index >= 15 is 0 Å². The Bertz CT molecular complexity index is 568. The molecular weight excluding hydrogens is 304 g/mol. The first kappa shape index (κ1) is 17.0. The molecule has 136 valence electrons. The zero-order chi connectivity index (χ0) is 17.5. The molecule has 2 aliphatic heterocycles. The molecule has 4 rings (SSSR count). The Morgan fingerprint density at radius 2 is 1.58 bits per heavy atom. The van der Waals surface area contributed by atoms with Gasteiger partial charge in [0.1, 0.15) is 11.9 Å². The number of hydrogen-bond acceptors (Lipinski definition) is 4. The van der Waals surface area contributed by atoms with E-state index in [4.69, 9.17) is 9.47 Å². The first-order valence-corrected chi connectivity index (χ1v) is 9.57. The van der Waals surface area contributed by atoms with Gasteiger partial charge >= 0.3 is 0 Å². The van der Waals surface area contributed by atoms with Crippen molar-refractivity contribution in [2.75, 3.05) is 6.61 Å². The second kappa shape index (κ2) is 4.83. The van der Waals surface area contributed by atoms with Crippen molar-refractivity contribution in [2.24, 2.45) is 22.7 Å². The van der Waals surface area contributed by atoms with Crippen LogP contribution in [0.5, 0.6) is 0 Å². The zero-order valence-corrected chi connectivity index (χ0v) is 15.7. The smallest absolute Gasteiger partial charge is 0.141 e. The van der Waals surface area contributed by atoms with E-state index in [2.05, 4.69) is 34.6 Å². The lowest BCUT2D eigenvalue weighted by Crippen LogP contribution is -2.68. The average Bonchev–Trinajstić information content (AvgIpc) is 3.29. The van der Waals surface area contributed by atoms with E-state index in [1.807, 2.05) is 0 Å². The van der Waals surface area contributed by atoms with Crippen LogP contribution in [-0.4, -0.2) is 40.9 Å². The summed E-state index contributed by atoms with van der Waals surface area (Å²) in [5, 5.41) is 11.0. The summed E-state index contributed by atoms with van der Waals surface area (Å²) in [4.78, 5) is 12.6. The maximum atomic E-state index is 12.6. The van der Waals surface area contributed by atoms with Gasteiger partial charge in [-0.05, 0) is 51.4 Å². The van der Waals surface area contributed by atoms with Gasteiger partial charge in [0.15, 0.2) is 0 Å². The fraction of sp³-hybridized carbons (Fsp3) is 0.950. The first-order valence-electron chi connectivity index (χ1n) is 9.57. The number of fused-ring (bicyclic) bond motifs is 3. The standard InChI is InChI=1S/C20H32O4/c1-17(2)12-6-8-18(3)13(20(12,5)15(22)10-14(17)21)7-9-19(4,24-18)16-11-23-16/h12-13,15-16,22H,6-11H2,1-5H3/t12-,13+,15+,16+,18+,19-,20-/m1/s1. The quantitative estimate of drug-likeness (QED) is 0.748. The van der Waals surface area contributed by atoms with Gasteiger partial charge in [0.2, 0.25) is 0 Å². The molecule has 0 amide bonds. The van der Waals surface area contributed by atoms with Crippen molar-refractivity contribution < 1.29 is 19.4 Å². The fourth-order valence-electron chi connectivity index (χ4n) is 6.65. The first-order chi connectivity index (χ1) is 11.0. The molecule has 0 unspecified atom stereocenters. The third-order valence-corrected chi connectivity index (χ3v) is 8.26. The van der Waals surface area contributed by atoms with E-state index in [-0.39, 0.29) is 52.2 Å². The summed E-state index contributed by atoms with van der Waals surface area (Å²) < 4.78 is 12.3. The molecule has 7 atom stereocenters. The fourth-order valence-corrected chi connectivity index (χ4v) is 6.65. The molecule has 0 bridgehead atoms. The number of rotatable bonds is 1. The summed E-state index contributed by atoms with van der Waals surface area (Å²) in [5.74, 6) is 0.733. The van der Waals surface area contributed by atoms with Gasteiger partial charge in [-0.3, -0.25) is 4.79 Å². The molecule has 4 heteroatoms. The van der Waals surface area contributed by atoms with Gasteiger partial charge in [-0.1, -0.05) is 20.8 Å². The van der Waals surface area contributed by atoms with Crippen LogP contribution in [0.25, 0.3) is 0 Å². The minimum atomic E-state index is -0.558. The predicted molar refractivity (Wildman–Crippen MR) is 90.6 cm³/mol. The maximum Gasteiger partial charge on any atom is 0.141 e. The Hall–Kier alpha value is -0.450. The summed E-state index contributed by atoms with van der Waals surface area (Å²) in [6.45, 7) is 11.6. The zero-order valence-electron chi connectivity index (χ0n) is 15.7. The maximum absolute atomic E-state index is 12.6. The molecule has 2 heterocycles. The highest BCUT2D eigenvalue weighted by Crippen LogP contribution is 2.65. The lowest BCUT2D eigenvalue weighted by molar-refractivity contribution is -0.282. The highest BCUT2D eigenvalue weighted by atomic mass is 16.6. The molecule has 4 aliphatic rings. The van der Waals surface area contributed by atoms with Crippen LogP contribution in [0.2, 0.25) is 0 Å². The van der Waals surface area contributed by atoms with Gasteiger partial charge in [0.05, 0.1) is 23.9 Å². The van der Waals surface area contributed by atoms with Gasteiger partial charge in [0.25, 0.3) is 0 Å². The van der Waals surface area contributed by atoms with Gasteiger partial charge in [-0.25, -0.2) is 0 Å². The van der Waals surface area contributed by atoms with Crippen molar-refractivity contribution in [2.45, 2.75) is 90.1 Å². The minimum Gasteiger partial charge on any atom is -0.392 e. The molecule has 0 spiro atoms. The lowest BCUT2D eigenvalue weighted by Gasteiger charge is -2.65. The average molecular weight is 336 g/mol. The van der Waals surface area contributed by atoms with Gasteiger partial charge in [0, 0.05) is 17.3 Å². The molecule has 4 nitrogen and oxygen atoms in total. The number of epoxide rings is 1. The Kier molecular flexibility index (Phi) is 3.42. The SMILES string of the molecule is CC1(C)C(=O)C[C@H](O)[C@]2(C)[C@@H]1CC[C@]1(C)O[C@@](C)([C@@H]3CO3)CC[C@H]21. The number of carbonyl (C=O) groups excluding carboxylic acids is 1. The van der Waals surface area contributed by atoms with Crippen LogP contribution >= 0.6 is 0 Å². The van der Waals surface area contributed by atoms with Crippen molar-refractivity contribution in [1.82, 2.24) is 0 Å². The molecule has 2 saturated heterocycles. The van der Waals surface area contributed by atoms with Gasteiger partial charge < -0.3 is 14.6 Å². The monoisotopic (exact) mass is 336 g/mol. The van der Waals surface area contributed by atoms with E-state index in [1.54, 1.807) is 0 Å². The molecule has 0 radical (unpaired) electrons. The topological polar surface area (TPSA) is 59.1 Å². The van der Waals surface area contributed by atoms with Crippen molar-refractivity contribution in [3.05, 3.63) is 0 Å². The predicted octanol–water partition coefficient (Wildman–Crippen LogP) is 3.11. The Labute approximate surface area is 145 Å². The van der Waals surface area contributed by atoms with Crippen LogP contribution in [0, 0.1) is 22.7 Å². The van der Waals surface area contributed by atoms with Crippen LogP contribution in [0.3, 0.4) is 0 Å². The van der Waals surface area contributed by atoms with E-state index in [1.165, 1.54) is 0 Å². The van der Waals surface area contributed by atoms with E-state index in [9.17, 15) is 9.90 Å². The van der Waals surface area contributed by atoms with Gasteiger partial charge in [-0.2, -0.15) is 0 Å².